The predicted molar refractivity (Wildman–Crippen MR) is 127 cm³/mol. The van der Waals surface area contributed by atoms with Crippen molar-refractivity contribution >= 4 is 16.8 Å². The molecular weight excluding hydrogens is 416 g/mol. The van der Waals surface area contributed by atoms with E-state index in [1.807, 2.05) is 59.6 Å². The number of fused-ring (bicyclic) bond motifs is 2. The molecular formula is C27H32N2O4. The summed E-state index contributed by atoms with van der Waals surface area (Å²) in [6.07, 6.45) is 1.71. The van der Waals surface area contributed by atoms with Crippen molar-refractivity contribution in [1.29, 1.82) is 0 Å². The van der Waals surface area contributed by atoms with Crippen LogP contribution in [0.15, 0.2) is 54.7 Å². The van der Waals surface area contributed by atoms with Crippen LogP contribution in [0.3, 0.4) is 0 Å². The number of methoxy groups -OCH3 is 1. The van der Waals surface area contributed by atoms with E-state index in [0.29, 0.717) is 37.2 Å². The van der Waals surface area contributed by atoms with Crippen molar-refractivity contribution in [3.63, 3.8) is 0 Å². The van der Waals surface area contributed by atoms with E-state index in [4.69, 9.17) is 4.74 Å². The monoisotopic (exact) mass is 448 g/mol. The fourth-order valence-electron chi connectivity index (χ4n) is 6.20. The number of aliphatic hydroxyl groups excluding tert-OH is 1. The minimum absolute atomic E-state index is 0.0434. The van der Waals surface area contributed by atoms with Crippen molar-refractivity contribution in [3.05, 3.63) is 65.9 Å². The Morgan fingerprint density at radius 1 is 1.12 bits per heavy atom. The van der Waals surface area contributed by atoms with Crippen LogP contribution in [-0.2, 0) is 16.8 Å². The molecule has 2 aromatic carbocycles. The molecule has 2 heterocycles. The molecule has 174 valence electrons. The maximum atomic E-state index is 13.4. The molecule has 0 bridgehead atoms. The molecule has 1 aliphatic heterocycles. The van der Waals surface area contributed by atoms with E-state index in [0.717, 1.165) is 16.5 Å². The number of likely N-dealkylation sites (tertiary alicyclic amines) is 1. The Labute approximate surface area is 194 Å². The molecule has 3 aromatic rings. The lowest BCUT2D eigenvalue weighted by Crippen LogP contribution is -2.57. The molecule has 0 spiro atoms. The van der Waals surface area contributed by atoms with Crippen LogP contribution in [0.1, 0.15) is 31.4 Å². The van der Waals surface area contributed by atoms with Gasteiger partial charge < -0.3 is 24.8 Å². The maximum absolute atomic E-state index is 13.4. The highest BCUT2D eigenvalue weighted by atomic mass is 16.5. The zero-order valence-corrected chi connectivity index (χ0v) is 19.4. The second-order valence-electron chi connectivity index (χ2n) is 10.3. The second-order valence-corrected chi connectivity index (χ2v) is 10.3. The van der Waals surface area contributed by atoms with Gasteiger partial charge in [-0.25, -0.2) is 0 Å². The number of amides is 1. The van der Waals surface area contributed by atoms with Crippen LogP contribution in [-0.4, -0.2) is 52.3 Å². The van der Waals surface area contributed by atoms with Gasteiger partial charge in [-0.1, -0.05) is 50.2 Å². The number of aliphatic hydroxyl groups is 2. The van der Waals surface area contributed by atoms with Gasteiger partial charge in [-0.15, -0.1) is 0 Å². The smallest absolute Gasteiger partial charge is 0.227 e. The molecule has 5 rings (SSSR count). The Morgan fingerprint density at radius 2 is 1.82 bits per heavy atom. The molecule has 4 atom stereocenters. The van der Waals surface area contributed by atoms with Gasteiger partial charge in [0.25, 0.3) is 0 Å². The minimum atomic E-state index is -1.48. The van der Waals surface area contributed by atoms with Crippen LogP contribution in [0.5, 0.6) is 5.75 Å². The topological polar surface area (TPSA) is 85.8 Å². The van der Waals surface area contributed by atoms with Gasteiger partial charge >= 0.3 is 0 Å². The number of carbonyl (C=O) groups excluding carboxylic acids is 1. The van der Waals surface area contributed by atoms with Crippen molar-refractivity contribution < 1.29 is 19.7 Å². The standard InChI is InChI=1S/C27H32N2O4/c1-26(2)13-24(30)27(32,19-9-5-7-11-23(19)33-3)21-16-29(15-20(21)26)25(31)12-17-14-28-22-10-6-4-8-18(17)22/h4-11,14,20-21,24,28,30,32H,12-13,15-16H2,1-3H3. The number of nitrogens with zero attached hydrogens (tertiary/aromatic N) is 1. The Morgan fingerprint density at radius 3 is 2.61 bits per heavy atom. The number of carbonyl (C=O) groups is 1. The highest BCUT2D eigenvalue weighted by Gasteiger charge is 2.61. The Bertz CT molecular complexity index is 1190. The Balaban J connectivity index is 1.47. The lowest BCUT2D eigenvalue weighted by atomic mass is 9.56. The van der Waals surface area contributed by atoms with Gasteiger partial charge in [0.05, 0.1) is 19.6 Å². The van der Waals surface area contributed by atoms with Gasteiger partial charge in [0.1, 0.15) is 11.4 Å². The summed E-state index contributed by atoms with van der Waals surface area (Å²) in [5.41, 5.74) is 0.892. The summed E-state index contributed by atoms with van der Waals surface area (Å²) in [6.45, 7) is 5.23. The number of ether oxygens (including phenoxy) is 1. The van der Waals surface area contributed by atoms with E-state index < -0.39 is 11.7 Å². The first-order chi connectivity index (χ1) is 15.8. The quantitative estimate of drug-likeness (QED) is 0.571. The van der Waals surface area contributed by atoms with Crippen molar-refractivity contribution in [2.45, 2.75) is 38.4 Å². The van der Waals surface area contributed by atoms with Crippen LogP contribution < -0.4 is 4.74 Å². The van der Waals surface area contributed by atoms with E-state index in [1.165, 1.54) is 0 Å². The molecule has 3 N–H and O–H groups in total. The SMILES string of the molecule is COc1ccccc1C1(O)C(O)CC(C)(C)C2CN(C(=O)Cc3c[nH]c4ccccc34)CC21. The molecule has 4 unspecified atom stereocenters. The molecule has 1 aromatic heterocycles. The van der Waals surface area contributed by atoms with Gasteiger partial charge in [0.2, 0.25) is 5.91 Å². The summed E-state index contributed by atoms with van der Waals surface area (Å²) in [6, 6.07) is 15.3. The summed E-state index contributed by atoms with van der Waals surface area (Å²) >= 11 is 0. The normalized spacial score (nSPS) is 28.6. The zero-order valence-electron chi connectivity index (χ0n) is 19.4. The average Bonchev–Trinajstić information content (AvgIpc) is 3.44. The molecule has 0 radical (unpaired) electrons. The van der Waals surface area contributed by atoms with Crippen LogP contribution in [0.2, 0.25) is 0 Å². The first-order valence-corrected chi connectivity index (χ1v) is 11.6. The third kappa shape index (κ3) is 3.44. The third-order valence-corrected chi connectivity index (χ3v) is 8.02. The van der Waals surface area contributed by atoms with Crippen LogP contribution in [0.4, 0.5) is 0 Å². The maximum Gasteiger partial charge on any atom is 0.227 e. The van der Waals surface area contributed by atoms with E-state index in [9.17, 15) is 15.0 Å². The number of para-hydroxylation sites is 2. The van der Waals surface area contributed by atoms with Gasteiger partial charge in [-0.2, -0.15) is 0 Å². The average molecular weight is 449 g/mol. The molecule has 2 fully saturated rings. The summed E-state index contributed by atoms with van der Waals surface area (Å²) < 4.78 is 5.54. The molecule has 33 heavy (non-hydrogen) atoms. The number of aromatic amines is 1. The molecule has 1 amide bonds. The van der Waals surface area contributed by atoms with Crippen molar-refractivity contribution in [2.75, 3.05) is 20.2 Å². The molecule has 1 saturated carbocycles. The Hall–Kier alpha value is -2.83. The fourth-order valence-corrected chi connectivity index (χ4v) is 6.20. The Kier molecular flexibility index (Phi) is 5.26. The van der Waals surface area contributed by atoms with E-state index in [-0.39, 0.29) is 23.2 Å². The molecule has 1 saturated heterocycles. The van der Waals surface area contributed by atoms with E-state index in [1.54, 1.807) is 7.11 Å². The van der Waals surface area contributed by atoms with Crippen molar-refractivity contribution in [3.8, 4) is 5.75 Å². The van der Waals surface area contributed by atoms with Gasteiger partial charge in [-0.05, 0) is 35.4 Å². The van der Waals surface area contributed by atoms with Gasteiger partial charge in [0.15, 0.2) is 0 Å². The number of H-pyrrole nitrogens is 1. The summed E-state index contributed by atoms with van der Waals surface area (Å²) in [5.74, 6) is 0.366. The molecule has 1 aliphatic carbocycles. The summed E-state index contributed by atoms with van der Waals surface area (Å²) in [4.78, 5) is 18.5. The number of rotatable bonds is 4. The fraction of sp³-hybridized carbons (Fsp3) is 0.444. The summed E-state index contributed by atoms with van der Waals surface area (Å²) in [5, 5.41) is 24.3. The lowest BCUT2D eigenvalue weighted by Gasteiger charge is -2.52. The minimum Gasteiger partial charge on any atom is -0.496 e. The summed E-state index contributed by atoms with van der Waals surface area (Å²) in [7, 11) is 1.57. The van der Waals surface area contributed by atoms with Gasteiger partial charge in [0, 0.05) is 41.7 Å². The number of nitrogens with one attached hydrogen (secondary N) is 1. The number of hydrogen-bond acceptors (Lipinski definition) is 4. The third-order valence-electron chi connectivity index (χ3n) is 8.02. The predicted octanol–water partition coefficient (Wildman–Crippen LogP) is 3.47. The molecule has 6 nitrogen and oxygen atoms in total. The van der Waals surface area contributed by atoms with E-state index in [2.05, 4.69) is 18.8 Å². The zero-order chi connectivity index (χ0) is 23.4. The molecule has 2 aliphatic rings. The van der Waals surface area contributed by atoms with Crippen molar-refractivity contribution in [1.82, 2.24) is 9.88 Å². The first kappa shape index (κ1) is 22.0. The number of benzene rings is 2. The van der Waals surface area contributed by atoms with Crippen LogP contribution in [0.25, 0.3) is 10.9 Å². The van der Waals surface area contributed by atoms with Crippen molar-refractivity contribution in [2.24, 2.45) is 17.3 Å². The number of hydrogen-bond donors (Lipinski definition) is 3. The number of aromatic nitrogens is 1. The second kappa shape index (κ2) is 7.89. The first-order valence-electron chi connectivity index (χ1n) is 11.6. The van der Waals surface area contributed by atoms with Crippen LogP contribution in [0, 0.1) is 17.3 Å². The highest BCUT2D eigenvalue weighted by Crippen LogP contribution is 2.56. The largest absolute Gasteiger partial charge is 0.496 e. The lowest BCUT2D eigenvalue weighted by molar-refractivity contribution is -0.182. The van der Waals surface area contributed by atoms with Crippen LogP contribution >= 0.6 is 0 Å². The van der Waals surface area contributed by atoms with E-state index >= 15 is 0 Å². The molecule has 6 heteroatoms. The highest BCUT2D eigenvalue weighted by molar-refractivity contribution is 5.89. The van der Waals surface area contributed by atoms with Gasteiger partial charge in [-0.3, -0.25) is 4.79 Å².